The Kier molecular flexibility index (Phi) is 6.06. The summed E-state index contributed by atoms with van der Waals surface area (Å²) in [6.07, 6.45) is 2.53. The van der Waals surface area contributed by atoms with Crippen molar-refractivity contribution in [1.29, 1.82) is 0 Å². The Hall–Kier alpha value is -2.47. The molecule has 1 amide bonds. The second-order valence-electron chi connectivity index (χ2n) is 6.81. The van der Waals surface area contributed by atoms with Crippen LogP contribution in [0.15, 0.2) is 36.7 Å². The first-order chi connectivity index (χ1) is 13.0. The molecule has 2 aromatic heterocycles. The molecule has 0 unspecified atom stereocenters. The lowest BCUT2D eigenvalue weighted by Crippen LogP contribution is -2.39. The summed E-state index contributed by atoms with van der Waals surface area (Å²) in [5.41, 5.74) is 2.42. The van der Waals surface area contributed by atoms with Crippen molar-refractivity contribution in [3.8, 4) is 0 Å². The van der Waals surface area contributed by atoms with E-state index in [-0.39, 0.29) is 11.9 Å². The molecule has 6 heteroatoms. The minimum atomic E-state index is -0.379. The molecule has 0 aliphatic carbocycles. The van der Waals surface area contributed by atoms with Crippen molar-refractivity contribution < 1.29 is 4.79 Å². The molecule has 0 radical (unpaired) electrons. The Morgan fingerprint density at radius 1 is 1.19 bits per heavy atom. The quantitative estimate of drug-likeness (QED) is 0.635. The molecule has 5 nitrogen and oxygen atoms in total. The number of benzene rings is 1. The van der Waals surface area contributed by atoms with E-state index in [0.29, 0.717) is 12.5 Å². The monoisotopic (exact) mass is 382 g/mol. The van der Waals surface area contributed by atoms with Gasteiger partial charge in [-0.3, -0.25) is 4.79 Å². The van der Waals surface area contributed by atoms with Gasteiger partial charge in [0.25, 0.3) is 0 Å². The number of nitrogens with one attached hydrogen (secondary N) is 2. The maximum absolute atomic E-state index is 12.6. The van der Waals surface area contributed by atoms with E-state index in [9.17, 15) is 4.79 Å². The molecule has 2 atom stereocenters. The average Bonchev–Trinajstić information content (AvgIpc) is 2.97. The molecule has 0 saturated heterocycles. The topological polar surface area (TPSA) is 66.9 Å². The number of carbonyl (C=O) groups is 1. The number of aromatic nitrogens is 2. The van der Waals surface area contributed by atoms with Gasteiger partial charge in [-0.25, -0.2) is 9.97 Å². The molecule has 0 bridgehead atoms. The van der Waals surface area contributed by atoms with E-state index in [1.54, 1.807) is 17.7 Å². The van der Waals surface area contributed by atoms with E-state index in [1.807, 2.05) is 25.1 Å². The maximum Gasteiger partial charge on any atom is 0.242 e. The SMILES string of the molecule is CC[C@H](CNC(=O)[C@@H](C)Nc1ncnc2sc(C)c(C)c12)c1ccccc1. The van der Waals surface area contributed by atoms with Crippen LogP contribution in [-0.2, 0) is 4.79 Å². The number of amides is 1. The van der Waals surface area contributed by atoms with E-state index in [1.165, 1.54) is 16.0 Å². The summed E-state index contributed by atoms with van der Waals surface area (Å²) in [5.74, 6) is 1.01. The van der Waals surface area contributed by atoms with E-state index in [2.05, 4.69) is 53.5 Å². The van der Waals surface area contributed by atoms with Gasteiger partial charge in [-0.05, 0) is 38.3 Å². The first kappa shape index (κ1) is 19.3. The van der Waals surface area contributed by atoms with Crippen LogP contribution >= 0.6 is 11.3 Å². The van der Waals surface area contributed by atoms with Crippen molar-refractivity contribution in [2.45, 2.75) is 46.1 Å². The molecule has 3 rings (SSSR count). The van der Waals surface area contributed by atoms with Crippen molar-refractivity contribution in [2.24, 2.45) is 0 Å². The standard InChI is InChI=1S/C21H26N4OS/c1-5-16(17-9-7-6-8-10-17)11-22-20(26)14(3)25-19-18-13(2)15(4)27-21(18)24-12-23-19/h6-10,12,14,16H,5,11H2,1-4H3,(H,22,26)(H,23,24,25)/t14-,16-/m1/s1. The molecule has 0 saturated carbocycles. The van der Waals surface area contributed by atoms with E-state index in [4.69, 9.17) is 0 Å². The fourth-order valence-electron chi connectivity index (χ4n) is 3.16. The Labute approximate surface area is 164 Å². The molecule has 0 fully saturated rings. The highest BCUT2D eigenvalue weighted by molar-refractivity contribution is 7.18. The van der Waals surface area contributed by atoms with Gasteiger partial charge >= 0.3 is 0 Å². The summed E-state index contributed by atoms with van der Waals surface area (Å²) < 4.78 is 0. The number of rotatable bonds is 7. The zero-order chi connectivity index (χ0) is 19.4. The number of fused-ring (bicyclic) bond motifs is 1. The van der Waals surface area contributed by atoms with Crippen LogP contribution in [0.5, 0.6) is 0 Å². The van der Waals surface area contributed by atoms with Crippen molar-refractivity contribution >= 4 is 33.3 Å². The van der Waals surface area contributed by atoms with Crippen LogP contribution in [0.2, 0.25) is 0 Å². The fraction of sp³-hybridized carbons (Fsp3) is 0.381. The van der Waals surface area contributed by atoms with Crippen LogP contribution in [0.3, 0.4) is 0 Å². The lowest BCUT2D eigenvalue weighted by atomic mass is 9.96. The predicted molar refractivity (Wildman–Crippen MR) is 112 cm³/mol. The highest BCUT2D eigenvalue weighted by Crippen LogP contribution is 2.32. The Morgan fingerprint density at radius 3 is 2.63 bits per heavy atom. The number of thiophene rings is 1. The number of hydrogen-bond acceptors (Lipinski definition) is 5. The van der Waals surface area contributed by atoms with Gasteiger partial charge in [-0.15, -0.1) is 11.3 Å². The zero-order valence-electron chi connectivity index (χ0n) is 16.2. The first-order valence-electron chi connectivity index (χ1n) is 9.31. The molecule has 0 aliphatic rings. The number of anilines is 1. The van der Waals surface area contributed by atoms with Crippen molar-refractivity contribution in [3.05, 3.63) is 52.7 Å². The summed E-state index contributed by atoms with van der Waals surface area (Å²) in [7, 11) is 0. The third-order valence-corrected chi connectivity index (χ3v) is 6.11. The second-order valence-corrected chi connectivity index (χ2v) is 8.02. The van der Waals surface area contributed by atoms with Crippen LogP contribution in [-0.4, -0.2) is 28.5 Å². The average molecular weight is 383 g/mol. The van der Waals surface area contributed by atoms with Crippen molar-refractivity contribution in [1.82, 2.24) is 15.3 Å². The highest BCUT2D eigenvalue weighted by atomic mass is 32.1. The molecule has 2 N–H and O–H groups in total. The van der Waals surface area contributed by atoms with Crippen molar-refractivity contribution in [3.63, 3.8) is 0 Å². The van der Waals surface area contributed by atoms with Gasteiger partial charge in [-0.2, -0.15) is 0 Å². The fourth-order valence-corrected chi connectivity index (χ4v) is 4.16. The summed E-state index contributed by atoms with van der Waals surface area (Å²) in [4.78, 5) is 23.5. The molecule has 2 heterocycles. The molecule has 0 spiro atoms. The van der Waals surface area contributed by atoms with Gasteiger partial charge in [0.2, 0.25) is 5.91 Å². The molecular weight excluding hydrogens is 356 g/mol. The van der Waals surface area contributed by atoms with E-state index < -0.39 is 0 Å². The molecule has 1 aromatic carbocycles. The highest BCUT2D eigenvalue weighted by Gasteiger charge is 2.18. The Morgan fingerprint density at radius 2 is 1.93 bits per heavy atom. The van der Waals surface area contributed by atoms with Crippen LogP contribution < -0.4 is 10.6 Å². The molecular formula is C21H26N4OS. The van der Waals surface area contributed by atoms with Gasteiger partial charge in [0.15, 0.2) is 0 Å². The number of hydrogen-bond donors (Lipinski definition) is 2. The predicted octanol–water partition coefficient (Wildman–Crippen LogP) is 4.42. The number of aryl methyl sites for hydroxylation is 2. The summed E-state index contributed by atoms with van der Waals surface area (Å²) in [6.45, 7) is 8.78. The lowest BCUT2D eigenvalue weighted by Gasteiger charge is -2.19. The normalized spacial score (nSPS) is 13.3. The largest absolute Gasteiger partial charge is 0.358 e. The molecule has 27 heavy (non-hydrogen) atoms. The second kappa shape index (κ2) is 8.48. The lowest BCUT2D eigenvalue weighted by molar-refractivity contribution is -0.121. The van der Waals surface area contributed by atoms with Crippen molar-refractivity contribution in [2.75, 3.05) is 11.9 Å². The van der Waals surface area contributed by atoms with Gasteiger partial charge in [-0.1, -0.05) is 37.3 Å². The van der Waals surface area contributed by atoms with Gasteiger partial charge in [0, 0.05) is 17.3 Å². The first-order valence-corrected chi connectivity index (χ1v) is 10.1. The Balaban J connectivity index is 1.66. The van der Waals surface area contributed by atoms with Gasteiger partial charge in [0.05, 0.1) is 5.39 Å². The molecule has 0 aliphatic heterocycles. The smallest absolute Gasteiger partial charge is 0.242 e. The Bertz CT molecular complexity index is 923. The van der Waals surface area contributed by atoms with E-state index >= 15 is 0 Å². The van der Waals surface area contributed by atoms with Crippen LogP contribution in [0.25, 0.3) is 10.2 Å². The van der Waals surface area contributed by atoms with Crippen LogP contribution in [0, 0.1) is 13.8 Å². The summed E-state index contributed by atoms with van der Waals surface area (Å²) >= 11 is 1.65. The molecule has 142 valence electrons. The van der Waals surface area contributed by atoms with E-state index in [0.717, 1.165) is 22.5 Å². The number of nitrogens with zero attached hydrogens (tertiary/aromatic N) is 2. The summed E-state index contributed by atoms with van der Waals surface area (Å²) in [6, 6.07) is 9.93. The minimum Gasteiger partial charge on any atom is -0.358 e. The maximum atomic E-state index is 12.6. The minimum absolute atomic E-state index is 0.0271. The van der Waals surface area contributed by atoms with Gasteiger partial charge in [0.1, 0.15) is 23.0 Å². The number of carbonyl (C=O) groups excluding carboxylic acids is 1. The summed E-state index contributed by atoms with van der Waals surface area (Å²) in [5, 5.41) is 7.35. The molecule has 3 aromatic rings. The third kappa shape index (κ3) is 4.27. The van der Waals surface area contributed by atoms with Crippen LogP contribution in [0.4, 0.5) is 5.82 Å². The zero-order valence-corrected chi connectivity index (χ0v) is 17.1. The van der Waals surface area contributed by atoms with Crippen LogP contribution in [0.1, 0.15) is 42.2 Å². The third-order valence-electron chi connectivity index (χ3n) is 5.00. The van der Waals surface area contributed by atoms with Gasteiger partial charge < -0.3 is 10.6 Å².